The van der Waals surface area contributed by atoms with Crippen LogP contribution in [0, 0.1) is 0 Å². The van der Waals surface area contributed by atoms with E-state index >= 15 is 0 Å². The van der Waals surface area contributed by atoms with Gasteiger partial charge in [0.05, 0.1) is 22.4 Å². The summed E-state index contributed by atoms with van der Waals surface area (Å²) in [6.07, 6.45) is 1.48. The Hall–Kier alpha value is -1.74. The van der Waals surface area contributed by atoms with Crippen LogP contribution < -0.4 is 0 Å². The van der Waals surface area contributed by atoms with Gasteiger partial charge in [-0.25, -0.2) is 4.79 Å². The topological polar surface area (TPSA) is 50.4 Å². The van der Waals surface area contributed by atoms with Gasteiger partial charge < -0.3 is 9.52 Å². The molecule has 0 bridgehead atoms. The van der Waals surface area contributed by atoms with Crippen LogP contribution in [0.5, 0.6) is 0 Å². The maximum absolute atomic E-state index is 11.0. The van der Waals surface area contributed by atoms with E-state index in [0.29, 0.717) is 16.3 Å². The highest BCUT2D eigenvalue weighted by Gasteiger charge is 2.16. The van der Waals surface area contributed by atoms with Crippen molar-refractivity contribution in [3.8, 4) is 11.3 Å². The predicted octanol–water partition coefficient (Wildman–Crippen LogP) is 3.30. The average Bonchev–Trinajstić information content (AvgIpc) is 2.70. The summed E-state index contributed by atoms with van der Waals surface area (Å²) in [6.45, 7) is 0. The highest BCUT2D eigenvalue weighted by Crippen LogP contribution is 2.31. The minimum absolute atomic E-state index is 0.137. The molecule has 3 nitrogen and oxygen atoms in total. The fraction of sp³-hybridized carbons (Fsp3) is 0. The normalized spacial score (nSPS) is 10.2. The van der Waals surface area contributed by atoms with Crippen LogP contribution in [0.25, 0.3) is 11.3 Å². The molecule has 0 fully saturated rings. The lowest BCUT2D eigenvalue weighted by molar-refractivity contribution is 0.0697. The molecule has 2 aromatic rings. The van der Waals surface area contributed by atoms with Gasteiger partial charge in [-0.1, -0.05) is 17.7 Å². The Labute approximate surface area is 90.9 Å². The van der Waals surface area contributed by atoms with Gasteiger partial charge in [0.15, 0.2) is 0 Å². The summed E-state index contributed by atoms with van der Waals surface area (Å²) in [5, 5.41) is 9.35. The van der Waals surface area contributed by atoms with Gasteiger partial charge in [-0.15, -0.1) is 0 Å². The predicted molar refractivity (Wildman–Crippen MR) is 56.1 cm³/mol. The molecule has 0 unspecified atom stereocenters. The van der Waals surface area contributed by atoms with Crippen molar-refractivity contribution in [1.82, 2.24) is 0 Å². The Bertz CT molecular complexity index is 489. The smallest absolute Gasteiger partial charge is 0.336 e. The molecule has 76 valence electrons. The van der Waals surface area contributed by atoms with Crippen LogP contribution >= 0.6 is 11.6 Å². The summed E-state index contributed by atoms with van der Waals surface area (Å²) in [4.78, 5) is 11.0. The highest BCUT2D eigenvalue weighted by molar-refractivity contribution is 6.34. The number of carboxylic acid groups (broad SMARTS) is 1. The van der Waals surface area contributed by atoms with Crippen LogP contribution in [-0.4, -0.2) is 11.1 Å². The monoisotopic (exact) mass is 222 g/mol. The fourth-order valence-corrected chi connectivity index (χ4v) is 1.64. The summed E-state index contributed by atoms with van der Waals surface area (Å²) in [6, 6.07) is 8.08. The average molecular weight is 223 g/mol. The Balaban J connectivity index is 2.68. The lowest BCUT2D eigenvalue weighted by Gasteiger charge is -2.04. The molecule has 0 aliphatic heterocycles. The number of carbonyl (C=O) groups is 1. The Morgan fingerprint density at radius 3 is 2.67 bits per heavy atom. The molecule has 0 spiro atoms. The summed E-state index contributed by atoms with van der Waals surface area (Å²) in [5.41, 5.74) is 0.550. The number of hydrogen-bond acceptors (Lipinski definition) is 2. The molecular formula is C11H7ClO3. The quantitative estimate of drug-likeness (QED) is 0.848. The Morgan fingerprint density at radius 1 is 1.27 bits per heavy atom. The second kappa shape index (κ2) is 3.79. The molecule has 1 N–H and O–H groups in total. The summed E-state index contributed by atoms with van der Waals surface area (Å²) < 4.78 is 5.14. The van der Waals surface area contributed by atoms with E-state index in [1.165, 1.54) is 12.3 Å². The zero-order valence-electron chi connectivity index (χ0n) is 7.61. The van der Waals surface area contributed by atoms with E-state index in [1.807, 2.05) is 0 Å². The SMILES string of the molecule is O=C(O)c1cccc(Cl)c1-c1ccco1. The molecule has 1 aromatic heterocycles. The van der Waals surface area contributed by atoms with Gasteiger partial charge in [-0.05, 0) is 24.3 Å². The van der Waals surface area contributed by atoms with Gasteiger partial charge in [-0.2, -0.15) is 0 Å². The van der Waals surface area contributed by atoms with E-state index in [9.17, 15) is 4.79 Å². The molecule has 0 aliphatic rings. The number of hydrogen-bond donors (Lipinski definition) is 1. The van der Waals surface area contributed by atoms with Gasteiger partial charge >= 0.3 is 5.97 Å². The molecule has 0 atom stereocenters. The summed E-state index contributed by atoms with van der Waals surface area (Å²) >= 11 is 5.94. The Kier molecular flexibility index (Phi) is 2.47. The molecule has 0 amide bonds. The van der Waals surface area contributed by atoms with Crippen LogP contribution in [0.3, 0.4) is 0 Å². The van der Waals surface area contributed by atoms with Crippen molar-refractivity contribution in [2.24, 2.45) is 0 Å². The lowest BCUT2D eigenvalue weighted by Crippen LogP contribution is -1.99. The minimum atomic E-state index is -1.02. The molecule has 4 heteroatoms. The first-order valence-electron chi connectivity index (χ1n) is 4.26. The first-order chi connectivity index (χ1) is 7.20. The molecule has 0 saturated carbocycles. The summed E-state index contributed by atoms with van der Waals surface area (Å²) in [5.74, 6) is -0.568. The van der Waals surface area contributed by atoms with E-state index in [1.54, 1.807) is 24.3 Å². The van der Waals surface area contributed by atoms with Crippen LogP contribution in [0.4, 0.5) is 0 Å². The molecule has 1 aromatic carbocycles. The van der Waals surface area contributed by atoms with E-state index in [4.69, 9.17) is 21.1 Å². The Morgan fingerprint density at radius 2 is 2.07 bits per heavy atom. The van der Waals surface area contributed by atoms with Gasteiger partial charge in [0.1, 0.15) is 5.76 Å². The van der Waals surface area contributed by atoms with Gasteiger partial charge in [-0.3, -0.25) is 0 Å². The molecule has 2 rings (SSSR count). The van der Waals surface area contributed by atoms with Crippen molar-refractivity contribution in [2.45, 2.75) is 0 Å². The van der Waals surface area contributed by atoms with Crippen LogP contribution in [-0.2, 0) is 0 Å². The van der Waals surface area contributed by atoms with Crippen LogP contribution in [0.15, 0.2) is 41.0 Å². The van der Waals surface area contributed by atoms with Crippen molar-refractivity contribution in [3.05, 3.63) is 47.2 Å². The van der Waals surface area contributed by atoms with Crippen molar-refractivity contribution in [3.63, 3.8) is 0 Å². The maximum atomic E-state index is 11.0. The molecule has 15 heavy (non-hydrogen) atoms. The zero-order chi connectivity index (χ0) is 10.8. The number of halogens is 1. The van der Waals surface area contributed by atoms with Gasteiger partial charge in [0, 0.05) is 0 Å². The van der Waals surface area contributed by atoms with E-state index in [2.05, 4.69) is 0 Å². The number of rotatable bonds is 2. The zero-order valence-corrected chi connectivity index (χ0v) is 8.36. The van der Waals surface area contributed by atoms with Crippen LogP contribution in [0.1, 0.15) is 10.4 Å². The third kappa shape index (κ3) is 1.74. The van der Waals surface area contributed by atoms with Gasteiger partial charge in [0.25, 0.3) is 0 Å². The minimum Gasteiger partial charge on any atom is -0.478 e. The fourth-order valence-electron chi connectivity index (χ4n) is 1.37. The number of benzene rings is 1. The number of aromatic carboxylic acids is 1. The highest BCUT2D eigenvalue weighted by atomic mass is 35.5. The number of carboxylic acids is 1. The maximum Gasteiger partial charge on any atom is 0.336 e. The lowest BCUT2D eigenvalue weighted by atomic mass is 10.1. The van der Waals surface area contributed by atoms with Crippen molar-refractivity contribution >= 4 is 17.6 Å². The van der Waals surface area contributed by atoms with E-state index < -0.39 is 5.97 Å². The largest absolute Gasteiger partial charge is 0.478 e. The molecular weight excluding hydrogens is 216 g/mol. The number of furan rings is 1. The molecule has 0 saturated heterocycles. The van der Waals surface area contributed by atoms with Crippen molar-refractivity contribution < 1.29 is 14.3 Å². The second-order valence-corrected chi connectivity index (χ2v) is 3.35. The van der Waals surface area contributed by atoms with Crippen molar-refractivity contribution in [1.29, 1.82) is 0 Å². The van der Waals surface area contributed by atoms with Crippen LogP contribution in [0.2, 0.25) is 5.02 Å². The molecule has 1 heterocycles. The third-order valence-electron chi connectivity index (χ3n) is 2.01. The molecule has 0 aliphatic carbocycles. The second-order valence-electron chi connectivity index (χ2n) is 2.94. The van der Waals surface area contributed by atoms with Gasteiger partial charge in [0.2, 0.25) is 0 Å². The van der Waals surface area contributed by atoms with E-state index in [-0.39, 0.29) is 5.56 Å². The molecule has 0 radical (unpaired) electrons. The van der Waals surface area contributed by atoms with Crippen molar-refractivity contribution in [2.75, 3.05) is 0 Å². The standard InChI is InChI=1S/C11H7ClO3/c12-8-4-1-3-7(11(13)14)10(8)9-5-2-6-15-9/h1-6H,(H,13,14). The van der Waals surface area contributed by atoms with E-state index in [0.717, 1.165) is 0 Å². The summed E-state index contributed by atoms with van der Waals surface area (Å²) in [7, 11) is 0. The first-order valence-corrected chi connectivity index (χ1v) is 4.63. The third-order valence-corrected chi connectivity index (χ3v) is 2.33. The first kappa shape index (κ1) is 9.80.